The van der Waals surface area contributed by atoms with Crippen LogP contribution in [0.2, 0.25) is 0 Å². The molecule has 0 aliphatic rings. The third kappa shape index (κ3) is 5.47. The van der Waals surface area contributed by atoms with Gasteiger partial charge in [-0.2, -0.15) is 8.42 Å². The molecule has 1 aromatic carbocycles. The number of hydrogen-bond acceptors (Lipinski definition) is 3. The molecule has 0 saturated carbocycles. The molecular formula is C12H13K2NO5S. The second-order valence-corrected chi connectivity index (χ2v) is 5.84. The van der Waals surface area contributed by atoms with Gasteiger partial charge in [0.05, 0.1) is 5.56 Å². The van der Waals surface area contributed by atoms with E-state index in [-0.39, 0.29) is 115 Å². The minimum absolute atomic E-state index is 0. The van der Waals surface area contributed by atoms with Gasteiger partial charge in [0.1, 0.15) is 5.25 Å². The van der Waals surface area contributed by atoms with Crippen LogP contribution in [0.3, 0.4) is 0 Å². The van der Waals surface area contributed by atoms with Crippen molar-refractivity contribution in [3.63, 3.8) is 0 Å². The first-order chi connectivity index (χ1) is 8.82. The van der Waals surface area contributed by atoms with Gasteiger partial charge in [-0.15, -0.1) is 0 Å². The molecule has 0 amide bonds. The van der Waals surface area contributed by atoms with Crippen LogP contribution < -0.4 is 0 Å². The third-order valence-corrected chi connectivity index (χ3v) is 4.27. The fraction of sp³-hybridized carbons (Fsp3) is 0.250. The van der Waals surface area contributed by atoms with Crippen LogP contribution >= 0.6 is 0 Å². The van der Waals surface area contributed by atoms with Crippen molar-refractivity contribution in [2.24, 2.45) is 0 Å². The average molecular weight is 362 g/mol. The number of aromatic amines is 1. The van der Waals surface area contributed by atoms with Gasteiger partial charge in [0, 0.05) is 114 Å². The summed E-state index contributed by atoms with van der Waals surface area (Å²) < 4.78 is 31.7. The maximum absolute atomic E-state index is 11.3. The molecule has 0 saturated heterocycles. The molecule has 2 aromatic rings. The van der Waals surface area contributed by atoms with Crippen molar-refractivity contribution in [1.29, 1.82) is 0 Å². The zero-order valence-corrected chi connectivity index (χ0v) is 19.2. The third-order valence-electron chi connectivity index (χ3n) is 2.97. The van der Waals surface area contributed by atoms with E-state index in [0.29, 0.717) is 16.6 Å². The number of carboxylic acids is 1. The van der Waals surface area contributed by atoms with E-state index in [0.717, 1.165) is 0 Å². The quantitative estimate of drug-likeness (QED) is 0.564. The summed E-state index contributed by atoms with van der Waals surface area (Å²) >= 11 is 0. The van der Waals surface area contributed by atoms with Crippen molar-refractivity contribution in [2.45, 2.75) is 18.6 Å². The molecule has 1 aromatic heterocycles. The van der Waals surface area contributed by atoms with Gasteiger partial charge in [0.15, 0.2) is 0 Å². The number of hydrogen-bond donors (Lipinski definition) is 3. The van der Waals surface area contributed by atoms with Gasteiger partial charge in [0.25, 0.3) is 10.1 Å². The van der Waals surface area contributed by atoms with Crippen molar-refractivity contribution in [3.05, 3.63) is 35.5 Å². The van der Waals surface area contributed by atoms with Gasteiger partial charge in [-0.1, -0.05) is 13.0 Å². The first kappa shape index (κ1) is 22.4. The van der Waals surface area contributed by atoms with Crippen LogP contribution in [0.25, 0.3) is 10.9 Å². The normalized spacial score (nSPS) is 12.3. The topological polar surface area (TPSA) is 107 Å². The number of nitrogens with one attached hydrogen (secondary N) is 1. The van der Waals surface area contributed by atoms with E-state index in [2.05, 4.69) is 4.98 Å². The minimum atomic E-state index is -4.19. The van der Waals surface area contributed by atoms with E-state index in [1.54, 1.807) is 19.1 Å². The number of H-pyrrole nitrogens is 1. The van der Waals surface area contributed by atoms with Crippen LogP contribution in [-0.2, 0) is 10.1 Å². The first-order valence-electron chi connectivity index (χ1n) is 5.65. The Morgan fingerprint density at radius 3 is 2.38 bits per heavy atom. The molecule has 1 unspecified atom stereocenters. The van der Waals surface area contributed by atoms with E-state index in [9.17, 15) is 13.2 Å². The predicted octanol–water partition coefficient (Wildman–Crippen LogP) is 1.44. The average Bonchev–Trinajstić information content (AvgIpc) is 2.69. The summed E-state index contributed by atoms with van der Waals surface area (Å²) in [5.41, 5.74) is 0.986. The molecular weight excluding hydrogens is 348 g/mol. The number of aromatic carboxylic acids is 1. The van der Waals surface area contributed by atoms with Crippen molar-refractivity contribution >= 4 is 130 Å². The van der Waals surface area contributed by atoms with Gasteiger partial charge >= 0.3 is 5.97 Å². The Bertz CT molecular complexity index is 741. The van der Waals surface area contributed by atoms with E-state index in [4.69, 9.17) is 9.66 Å². The van der Waals surface area contributed by atoms with Crippen LogP contribution in [-0.4, -0.2) is 132 Å². The Kier molecular flexibility index (Phi) is 9.65. The van der Waals surface area contributed by atoms with Crippen LogP contribution in [0, 0.1) is 0 Å². The Labute approximate surface area is 207 Å². The van der Waals surface area contributed by atoms with Crippen LogP contribution in [0.15, 0.2) is 24.3 Å². The number of carboxylic acid groups (broad SMARTS) is 1. The molecule has 2 radical (unpaired) electrons. The van der Waals surface area contributed by atoms with Gasteiger partial charge in [0.2, 0.25) is 0 Å². The molecule has 0 aliphatic heterocycles. The summed E-state index contributed by atoms with van der Waals surface area (Å²) in [6.45, 7) is 1.65. The maximum Gasteiger partial charge on any atom is 0.335 e. The molecule has 21 heavy (non-hydrogen) atoms. The summed E-state index contributed by atoms with van der Waals surface area (Å²) in [7, 11) is -4.19. The van der Waals surface area contributed by atoms with Crippen molar-refractivity contribution in [1.82, 2.24) is 4.98 Å². The Morgan fingerprint density at radius 2 is 1.90 bits per heavy atom. The second-order valence-electron chi connectivity index (χ2n) is 4.24. The van der Waals surface area contributed by atoms with Crippen LogP contribution in [0.1, 0.15) is 34.6 Å². The first-order valence-corrected chi connectivity index (χ1v) is 7.15. The zero-order chi connectivity index (χ0) is 14.2. The van der Waals surface area contributed by atoms with Gasteiger partial charge < -0.3 is 10.1 Å². The summed E-state index contributed by atoms with van der Waals surface area (Å²) in [5, 5.41) is 8.55. The maximum atomic E-state index is 11.3. The molecule has 0 fully saturated rings. The SMILES string of the molecule is CCC(c1cc2ccc(C(=O)O)cc2[nH]1)S(=O)(=O)O.[K].[K]. The molecule has 0 spiro atoms. The van der Waals surface area contributed by atoms with Crippen molar-refractivity contribution in [3.8, 4) is 0 Å². The Morgan fingerprint density at radius 1 is 1.29 bits per heavy atom. The smallest absolute Gasteiger partial charge is 0.335 e. The zero-order valence-electron chi connectivity index (χ0n) is 12.1. The number of rotatable bonds is 4. The van der Waals surface area contributed by atoms with Crippen LogP contribution in [0.5, 0.6) is 0 Å². The molecule has 3 N–H and O–H groups in total. The van der Waals surface area contributed by atoms with E-state index < -0.39 is 21.3 Å². The fourth-order valence-electron chi connectivity index (χ4n) is 2.05. The summed E-state index contributed by atoms with van der Waals surface area (Å²) in [4.78, 5) is 13.7. The van der Waals surface area contributed by atoms with E-state index in [1.807, 2.05) is 0 Å². The molecule has 6 nitrogen and oxygen atoms in total. The molecule has 0 bridgehead atoms. The summed E-state index contributed by atoms with van der Waals surface area (Å²) in [6.07, 6.45) is 0.220. The molecule has 1 heterocycles. The van der Waals surface area contributed by atoms with Crippen molar-refractivity contribution < 1.29 is 22.9 Å². The van der Waals surface area contributed by atoms with E-state index >= 15 is 0 Å². The molecule has 9 heteroatoms. The molecule has 2 rings (SSSR count). The van der Waals surface area contributed by atoms with Gasteiger partial charge in [-0.05, 0) is 30.0 Å². The number of benzene rings is 1. The van der Waals surface area contributed by atoms with Crippen LogP contribution in [0.4, 0.5) is 0 Å². The number of aromatic nitrogens is 1. The van der Waals surface area contributed by atoms with Gasteiger partial charge in [-0.3, -0.25) is 4.55 Å². The largest absolute Gasteiger partial charge is 0.478 e. The summed E-state index contributed by atoms with van der Waals surface area (Å²) in [6, 6.07) is 6.06. The molecule has 104 valence electrons. The monoisotopic (exact) mass is 361 g/mol. The number of fused-ring (bicyclic) bond motifs is 1. The number of carbonyl (C=O) groups is 1. The summed E-state index contributed by atoms with van der Waals surface area (Å²) in [5.74, 6) is -1.06. The molecule has 0 aliphatic carbocycles. The predicted molar refractivity (Wildman–Crippen MR) is 81.3 cm³/mol. The fourth-order valence-corrected chi connectivity index (χ4v) is 2.92. The Hall–Kier alpha value is 1.41. The van der Waals surface area contributed by atoms with Gasteiger partial charge in [-0.25, -0.2) is 4.79 Å². The standard InChI is InChI=1S/C12H13NO5S.2K/c1-2-11(19(16,17)18)10-5-7-3-4-8(12(14)15)6-9(7)13-10;;/h3-6,11,13H,2H2,1H3,(H,14,15)(H,16,17,18);;. The van der Waals surface area contributed by atoms with Crippen molar-refractivity contribution in [2.75, 3.05) is 0 Å². The Balaban J connectivity index is 0.00000200. The second kappa shape index (κ2) is 9.04. The van der Waals surface area contributed by atoms with E-state index in [1.165, 1.54) is 12.1 Å². The minimum Gasteiger partial charge on any atom is -0.478 e. The molecule has 1 atom stereocenters.